The van der Waals surface area contributed by atoms with Crippen molar-refractivity contribution in [2.24, 2.45) is 24.3 Å². The molecule has 0 bridgehead atoms. The van der Waals surface area contributed by atoms with Crippen molar-refractivity contribution in [1.82, 2.24) is 24.9 Å². The van der Waals surface area contributed by atoms with Gasteiger partial charge in [-0.1, -0.05) is 20.3 Å². The van der Waals surface area contributed by atoms with Crippen LogP contribution in [0.25, 0.3) is 11.3 Å². The first-order chi connectivity index (χ1) is 13.5. The third-order valence-corrected chi connectivity index (χ3v) is 6.96. The quantitative estimate of drug-likeness (QED) is 0.790. The van der Waals surface area contributed by atoms with Gasteiger partial charge < -0.3 is 10.2 Å². The van der Waals surface area contributed by atoms with Gasteiger partial charge in [-0.2, -0.15) is 5.10 Å². The summed E-state index contributed by atoms with van der Waals surface area (Å²) in [6.45, 7) is 11.5. The van der Waals surface area contributed by atoms with Crippen molar-refractivity contribution < 1.29 is 0 Å². The minimum absolute atomic E-state index is 0.596. The third-order valence-electron chi connectivity index (χ3n) is 6.96. The number of rotatable bonds is 7. The maximum absolute atomic E-state index is 4.40. The topological polar surface area (TPSA) is 58.9 Å². The number of hydrogen-bond acceptors (Lipinski definition) is 5. The molecule has 1 saturated carbocycles. The van der Waals surface area contributed by atoms with E-state index in [1.54, 1.807) is 0 Å². The molecule has 2 fully saturated rings. The summed E-state index contributed by atoms with van der Waals surface area (Å²) >= 11 is 0. The highest BCUT2D eigenvalue weighted by Crippen LogP contribution is 2.59. The number of hydrogen-bond donors (Lipinski definition) is 1. The van der Waals surface area contributed by atoms with Crippen molar-refractivity contribution in [3.8, 4) is 11.3 Å². The number of nitrogens with zero attached hydrogens (tertiary/aromatic N) is 5. The normalized spacial score (nSPS) is 22.4. The van der Waals surface area contributed by atoms with Gasteiger partial charge in [0.25, 0.3) is 0 Å². The number of aryl methyl sites for hydroxylation is 2. The van der Waals surface area contributed by atoms with Gasteiger partial charge in [0.15, 0.2) is 0 Å². The molecule has 1 aliphatic carbocycles. The standard InChI is InChI=1S/C22H34N6/c1-5-16(2)14-28-10-8-22(9-11-28)12-18(22)13-23-21-7-6-20(24-25-21)19-15-27(4)26-17(19)3/h6-7,15-16,18H,5,8-14H2,1-4H3,(H,23,25). The summed E-state index contributed by atoms with van der Waals surface area (Å²) < 4.78 is 1.82. The lowest BCUT2D eigenvalue weighted by Crippen LogP contribution is -2.38. The summed E-state index contributed by atoms with van der Waals surface area (Å²) in [7, 11) is 1.93. The molecule has 6 heteroatoms. The Balaban J connectivity index is 1.26. The van der Waals surface area contributed by atoms with Crippen molar-refractivity contribution in [3.63, 3.8) is 0 Å². The highest BCUT2D eigenvalue weighted by Gasteiger charge is 2.54. The van der Waals surface area contributed by atoms with Crippen molar-refractivity contribution in [3.05, 3.63) is 24.0 Å². The summed E-state index contributed by atoms with van der Waals surface area (Å²) in [5, 5.41) is 16.7. The molecule has 152 valence electrons. The van der Waals surface area contributed by atoms with Gasteiger partial charge in [-0.15, -0.1) is 10.2 Å². The van der Waals surface area contributed by atoms with Gasteiger partial charge in [0, 0.05) is 31.9 Å². The summed E-state index contributed by atoms with van der Waals surface area (Å²) in [4.78, 5) is 2.67. The Bertz CT molecular complexity index is 788. The molecule has 1 N–H and O–H groups in total. The lowest BCUT2D eigenvalue weighted by molar-refractivity contribution is 0.145. The van der Waals surface area contributed by atoms with Crippen LogP contribution in [-0.2, 0) is 7.05 Å². The number of likely N-dealkylation sites (tertiary alicyclic amines) is 1. The second-order valence-corrected chi connectivity index (χ2v) is 9.06. The Hall–Kier alpha value is -1.95. The minimum atomic E-state index is 0.596. The molecule has 2 atom stereocenters. The van der Waals surface area contributed by atoms with Crippen LogP contribution in [0.1, 0.15) is 45.2 Å². The van der Waals surface area contributed by atoms with Gasteiger partial charge >= 0.3 is 0 Å². The van der Waals surface area contributed by atoms with Crippen LogP contribution < -0.4 is 5.32 Å². The van der Waals surface area contributed by atoms with E-state index in [0.29, 0.717) is 5.41 Å². The number of nitrogens with one attached hydrogen (secondary N) is 1. The Morgan fingerprint density at radius 2 is 2.04 bits per heavy atom. The van der Waals surface area contributed by atoms with Crippen LogP contribution in [0.5, 0.6) is 0 Å². The van der Waals surface area contributed by atoms with Crippen LogP contribution in [0.4, 0.5) is 5.82 Å². The van der Waals surface area contributed by atoms with E-state index in [0.717, 1.165) is 41.1 Å². The summed E-state index contributed by atoms with van der Waals surface area (Å²) in [5.41, 5.74) is 3.51. The van der Waals surface area contributed by atoms with Gasteiger partial charge in [-0.3, -0.25) is 4.68 Å². The first kappa shape index (κ1) is 19.4. The van der Waals surface area contributed by atoms with Crippen molar-refractivity contribution in [1.29, 1.82) is 0 Å². The van der Waals surface area contributed by atoms with Crippen LogP contribution in [0.15, 0.2) is 18.3 Å². The van der Waals surface area contributed by atoms with Gasteiger partial charge in [-0.05, 0) is 68.7 Å². The van der Waals surface area contributed by atoms with E-state index in [4.69, 9.17) is 0 Å². The van der Waals surface area contributed by atoms with Crippen molar-refractivity contribution >= 4 is 5.82 Å². The Kier molecular flexibility index (Phi) is 5.41. The molecule has 0 amide bonds. The zero-order valence-electron chi connectivity index (χ0n) is 17.8. The molecule has 4 rings (SSSR count). The van der Waals surface area contributed by atoms with Crippen LogP contribution in [0.3, 0.4) is 0 Å². The van der Waals surface area contributed by atoms with Crippen LogP contribution in [0.2, 0.25) is 0 Å². The molecule has 3 heterocycles. The monoisotopic (exact) mass is 382 g/mol. The molecule has 2 aromatic rings. The fourth-order valence-corrected chi connectivity index (χ4v) is 4.73. The van der Waals surface area contributed by atoms with Crippen LogP contribution in [0, 0.1) is 24.2 Å². The molecule has 1 aliphatic heterocycles. The lowest BCUT2D eigenvalue weighted by Gasteiger charge is -2.34. The van der Waals surface area contributed by atoms with Gasteiger partial charge in [-0.25, -0.2) is 0 Å². The minimum Gasteiger partial charge on any atom is -0.368 e. The number of anilines is 1. The molecule has 28 heavy (non-hydrogen) atoms. The van der Waals surface area contributed by atoms with Gasteiger partial charge in [0.2, 0.25) is 0 Å². The molecule has 1 saturated heterocycles. The van der Waals surface area contributed by atoms with E-state index in [2.05, 4.69) is 39.4 Å². The van der Waals surface area contributed by atoms with E-state index < -0.39 is 0 Å². The summed E-state index contributed by atoms with van der Waals surface area (Å²) in [6, 6.07) is 4.08. The van der Waals surface area contributed by atoms with E-state index in [1.165, 1.54) is 45.3 Å². The Morgan fingerprint density at radius 1 is 1.25 bits per heavy atom. The second kappa shape index (κ2) is 7.82. The fourth-order valence-electron chi connectivity index (χ4n) is 4.73. The van der Waals surface area contributed by atoms with E-state index in [1.807, 2.05) is 37.0 Å². The molecule has 0 radical (unpaired) electrons. The van der Waals surface area contributed by atoms with Crippen molar-refractivity contribution in [2.75, 3.05) is 31.5 Å². The van der Waals surface area contributed by atoms with Gasteiger partial charge in [0.1, 0.15) is 5.82 Å². The molecular formula is C22H34N6. The molecule has 2 aromatic heterocycles. The van der Waals surface area contributed by atoms with Gasteiger partial charge in [0.05, 0.1) is 11.4 Å². The van der Waals surface area contributed by atoms with E-state index >= 15 is 0 Å². The fraction of sp³-hybridized carbons (Fsp3) is 0.682. The molecule has 6 nitrogen and oxygen atoms in total. The largest absolute Gasteiger partial charge is 0.368 e. The predicted molar refractivity (Wildman–Crippen MR) is 113 cm³/mol. The average Bonchev–Trinajstić information content (AvgIpc) is 3.26. The second-order valence-electron chi connectivity index (χ2n) is 9.06. The van der Waals surface area contributed by atoms with Crippen molar-refractivity contribution in [2.45, 2.75) is 46.5 Å². The summed E-state index contributed by atoms with van der Waals surface area (Å²) in [5.74, 6) is 2.49. The maximum Gasteiger partial charge on any atom is 0.148 e. The maximum atomic E-state index is 4.40. The predicted octanol–water partition coefficient (Wildman–Crippen LogP) is 3.75. The number of aromatic nitrogens is 4. The highest BCUT2D eigenvalue weighted by atomic mass is 15.3. The summed E-state index contributed by atoms with van der Waals surface area (Å²) in [6.07, 6.45) is 7.38. The molecular weight excluding hydrogens is 348 g/mol. The molecule has 2 unspecified atom stereocenters. The zero-order valence-corrected chi connectivity index (χ0v) is 17.8. The Morgan fingerprint density at radius 3 is 2.64 bits per heavy atom. The smallest absolute Gasteiger partial charge is 0.148 e. The van der Waals surface area contributed by atoms with Crippen LogP contribution in [-0.4, -0.2) is 51.1 Å². The molecule has 0 aromatic carbocycles. The van der Waals surface area contributed by atoms with E-state index in [9.17, 15) is 0 Å². The molecule has 1 spiro atoms. The SMILES string of the molecule is CCC(C)CN1CCC2(CC1)CC2CNc1ccc(-c2cn(C)nc2C)nn1. The number of piperidine rings is 1. The first-order valence-corrected chi connectivity index (χ1v) is 10.8. The lowest BCUT2D eigenvalue weighted by atomic mass is 9.90. The van der Waals surface area contributed by atoms with E-state index in [-0.39, 0.29) is 0 Å². The first-order valence-electron chi connectivity index (χ1n) is 10.8. The zero-order chi connectivity index (χ0) is 19.7. The highest BCUT2D eigenvalue weighted by molar-refractivity contribution is 5.61. The Labute approximate surface area is 168 Å². The molecule has 2 aliphatic rings. The average molecular weight is 383 g/mol. The third kappa shape index (κ3) is 4.07. The van der Waals surface area contributed by atoms with Crippen LogP contribution >= 0.6 is 0 Å².